The fourth-order valence-electron chi connectivity index (χ4n) is 2.66. The minimum Gasteiger partial charge on any atom is -0.494 e. The van der Waals surface area contributed by atoms with E-state index in [4.69, 9.17) is 4.74 Å². The van der Waals surface area contributed by atoms with Crippen LogP contribution in [0.15, 0.2) is 24.3 Å². The van der Waals surface area contributed by atoms with Crippen LogP contribution in [0.2, 0.25) is 0 Å². The molecule has 0 bridgehead atoms. The highest BCUT2D eigenvalue weighted by atomic mass is 19.1. The normalized spacial score (nSPS) is 18.2. The van der Waals surface area contributed by atoms with Crippen LogP contribution in [-0.2, 0) is 0 Å². The van der Waals surface area contributed by atoms with Crippen molar-refractivity contribution in [2.24, 2.45) is 0 Å². The molecule has 1 heterocycles. The highest BCUT2D eigenvalue weighted by molar-refractivity contribution is 5.21. The highest BCUT2D eigenvalue weighted by Gasteiger charge is 2.29. The van der Waals surface area contributed by atoms with Gasteiger partial charge in [-0.1, -0.05) is 0 Å². The molecular formula is C15H23FN2O. The van der Waals surface area contributed by atoms with E-state index in [2.05, 4.69) is 10.6 Å². The lowest BCUT2D eigenvalue weighted by Crippen LogP contribution is -2.50. The van der Waals surface area contributed by atoms with E-state index in [0.29, 0.717) is 6.61 Å². The Morgan fingerprint density at radius 3 is 2.58 bits per heavy atom. The molecule has 19 heavy (non-hydrogen) atoms. The molecule has 0 unspecified atom stereocenters. The smallest absolute Gasteiger partial charge is 0.123 e. The van der Waals surface area contributed by atoms with Crippen LogP contribution in [-0.4, -0.2) is 32.3 Å². The maximum Gasteiger partial charge on any atom is 0.123 e. The zero-order valence-electron chi connectivity index (χ0n) is 11.5. The number of nitrogens with one attached hydrogen (secondary N) is 2. The van der Waals surface area contributed by atoms with Crippen LogP contribution < -0.4 is 15.4 Å². The van der Waals surface area contributed by atoms with E-state index in [0.717, 1.165) is 31.7 Å². The molecular weight excluding hydrogens is 243 g/mol. The van der Waals surface area contributed by atoms with Crippen molar-refractivity contribution in [1.29, 1.82) is 0 Å². The Hall–Kier alpha value is -1.13. The van der Waals surface area contributed by atoms with Gasteiger partial charge in [0.15, 0.2) is 0 Å². The lowest BCUT2D eigenvalue weighted by atomic mass is 9.84. The summed E-state index contributed by atoms with van der Waals surface area (Å²) in [5.41, 5.74) is 0.261. The van der Waals surface area contributed by atoms with E-state index >= 15 is 0 Å². The zero-order valence-corrected chi connectivity index (χ0v) is 11.5. The molecule has 1 aromatic carbocycles. The van der Waals surface area contributed by atoms with Crippen LogP contribution in [0.25, 0.3) is 0 Å². The molecule has 1 aromatic rings. The van der Waals surface area contributed by atoms with Crippen LogP contribution in [0.5, 0.6) is 5.75 Å². The van der Waals surface area contributed by atoms with Crippen molar-refractivity contribution in [3.05, 3.63) is 30.1 Å². The Morgan fingerprint density at radius 1 is 1.26 bits per heavy atom. The van der Waals surface area contributed by atoms with Crippen LogP contribution in [0.4, 0.5) is 4.39 Å². The van der Waals surface area contributed by atoms with Crippen LogP contribution in [0.1, 0.15) is 25.7 Å². The number of halogens is 1. The predicted molar refractivity (Wildman–Crippen MR) is 75.0 cm³/mol. The van der Waals surface area contributed by atoms with Crippen LogP contribution in [0.3, 0.4) is 0 Å². The Morgan fingerprint density at radius 2 is 1.95 bits per heavy atom. The predicted octanol–water partition coefficient (Wildman–Crippen LogP) is 2.33. The van der Waals surface area contributed by atoms with Gasteiger partial charge in [-0.3, -0.25) is 0 Å². The summed E-state index contributed by atoms with van der Waals surface area (Å²) in [5.74, 6) is 0.515. The van der Waals surface area contributed by atoms with E-state index in [1.54, 1.807) is 12.1 Å². The second kappa shape index (κ2) is 6.87. The molecule has 4 heteroatoms. The fourth-order valence-corrected chi connectivity index (χ4v) is 2.66. The van der Waals surface area contributed by atoms with Crippen molar-refractivity contribution in [1.82, 2.24) is 10.6 Å². The van der Waals surface area contributed by atoms with Crippen LogP contribution in [0, 0.1) is 5.82 Å². The van der Waals surface area contributed by atoms with Gasteiger partial charge in [-0.05, 0) is 70.1 Å². The standard InChI is InChI=1S/C15H23FN2O/c1-17-15(8-10-18-11-9-15)7-2-12-19-14-5-3-13(16)4-6-14/h3-6,17-18H,2,7-12H2,1H3. The number of piperidine rings is 1. The zero-order chi connectivity index (χ0) is 13.6. The monoisotopic (exact) mass is 266 g/mol. The molecule has 0 radical (unpaired) electrons. The number of ether oxygens (including phenoxy) is 1. The summed E-state index contributed by atoms with van der Waals surface area (Å²) in [4.78, 5) is 0. The van der Waals surface area contributed by atoms with Gasteiger partial charge in [0.2, 0.25) is 0 Å². The number of hydrogen-bond donors (Lipinski definition) is 2. The topological polar surface area (TPSA) is 33.3 Å². The molecule has 1 aliphatic heterocycles. The van der Waals surface area contributed by atoms with Gasteiger partial charge in [-0.2, -0.15) is 0 Å². The van der Waals surface area contributed by atoms with Gasteiger partial charge in [0.1, 0.15) is 11.6 Å². The van der Waals surface area contributed by atoms with E-state index in [-0.39, 0.29) is 11.4 Å². The average Bonchev–Trinajstić information content (AvgIpc) is 2.46. The third kappa shape index (κ3) is 4.18. The summed E-state index contributed by atoms with van der Waals surface area (Å²) in [6, 6.07) is 6.20. The van der Waals surface area contributed by atoms with E-state index in [1.807, 2.05) is 7.05 Å². The summed E-state index contributed by atoms with van der Waals surface area (Å²) in [7, 11) is 2.05. The first-order chi connectivity index (χ1) is 9.24. The quantitative estimate of drug-likeness (QED) is 0.775. The minimum absolute atomic E-state index is 0.226. The Kier molecular flexibility index (Phi) is 5.16. The molecule has 0 amide bonds. The van der Waals surface area contributed by atoms with Crippen LogP contribution >= 0.6 is 0 Å². The second-order valence-corrected chi connectivity index (χ2v) is 5.19. The van der Waals surface area contributed by atoms with Gasteiger partial charge in [-0.15, -0.1) is 0 Å². The molecule has 0 aromatic heterocycles. The molecule has 0 atom stereocenters. The van der Waals surface area contributed by atoms with Gasteiger partial charge in [0.25, 0.3) is 0 Å². The van der Waals surface area contributed by atoms with Gasteiger partial charge in [-0.25, -0.2) is 4.39 Å². The first-order valence-electron chi connectivity index (χ1n) is 7.02. The maximum atomic E-state index is 12.7. The summed E-state index contributed by atoms with van der Waals surface area (Å²) < 4.78 is 18.4. The van der Waals surface area contributed by atoms with E-state index in [9.17, 15) is 4.39 Å². The second-order valence-electron chi connectivity index (χ2n) is 5.19. The molecule has 1 fully saturated rings. The van der Waals surface area contributed by atoms with Crippen molar-refractivity contribution in [3.63, 3.8) is 0 Å². The van der Waals surface area contributed by atoms with Gasteiger partial charge in [0.05, 0.1) is 6.61 Å². The maximum absolute atomic E-state index is 12.7. The molecule has 1 aliphatic rings. The number of rotatable bonds is 6. The minimum atomic E-state index is -0.226. The molecule has 0 saturated carbocycles. The molecule has 0 spiro atoms. The van der Waals surface area contributed by atoms with Gasteiger partial charge < -0.3 is 15.4 Å². The van der Waals surface area contributed by atoms with Crippen molar-refractivity contribution in [3.8, 4) is 5.75 Å². The van der Waals surface area contributed by atoms with E-state index < -0.39 is 0 Å². The summed E-state index contributed by atoms with van der Waals surface area (Å²) >= 11 is 0. The summed E-state index contributed by atoms with van der Waals surface area (Å²) in [6.07, 6.45) is 4.46. The third-order valence-electron chi connectivity index (χ3n) is 3.97. The first-order valence-corrected chi connectivity index (χ1v) is 7.02. The third-order valence-corrected chi connectivity index (χ3v) is 3.97. The van der Waals surface area contributed by atoms with Crippen molar-refractivity contribution >= 4 is 0 Å². The van der Waals surface area contributed by atoms with Crippen molar-refractivity contribution in [2.75, 3.05) is 26.7 Å². The lowest BCUT2D eigenvalue weighted by Gasteiger charge is -2.37. The molecule has 0 aliphatic carbocycles. The Balaban J connectivity index is 1.72. The molecule has 1 saturated heterocycles. The Bertz CT molecular complexity index is 374. The van der Waals surface area contributed by atoms with E-state index in [1.165, 1.54) is 25.0 Å². The van der Waals surface area contributed by atoms with Gasteiger partial charge >= 0.3 is 0 Å². The van der Waals surface area contributed by atoms with Gasteiger partial charge in [0, 0.05) is 5.54 Å². The summed E-state index contributed by atoms with van der Waals surface area (Å²) in [6.45, 7) is 2.85. The molecule has 3 nitrogen and oxygen atoms in total. The first kappa shape index (κ1) is 14.3. The largest absolute Gasteiger partial charge is 0.494 e. The number of hydrogen-bond acceptors (Lipinski definition) is 3. The van der Waals surface area contributed by atoms with Crippen molar-refractivity contribution < 1.29 is 9.13 Å². The Labute approximate surface area is 114 Å². The molecule has 2 N–H and O–H groups in total. The number of benzene rings is 1. The highest BCUT2D eigenvalue weighted by Crippen LogP contribution is 2.23. The average molecular weight is 266 g/mol. The molecule has 2 rings (SSSR count). The molecule has 106 valence electrons. The fraction of sp³-hybridized carbons (Fsp3) is 0.600. The SMILES string of the molecule is CNC1(CCCOc2ccc(F)cc2)CCNCC1. The lowest BCUT2D eigenvalue weighted by molar-refractivity contribution is 0.213. The summed E-state index contributed by atoms with van der Waals surface area (Å²) in [5, 5.41) is 6.87. The van der Waals surface area contributed by atoms with Crippen molar-refractivity contribution in [2.45, 2.75) is 31.2 Å².